The number of carbonyl (C=O) groups is 2. The van der Waals surface area contributed by atoms with Crippen LogP contribution in [0.1, 0.15) is 32.1 Å². The zero-order valence-electron chi connectivity index (χ0n) is 10.7. The SMILES string of the molecule is O=CC1CCN(C(=O)CBr)C(N2CCCCC2)C1. The zero-order chi connectivity index (χ0) is 13.0. The average molecular weight is 317 g/mol. The van der Waals surface area contributed by atoms with Crippen LogP contribution in [0.2, 0.25) is 0 Å². The topological polar surface area (TPSA) is 40.6 Å². The molecule has 5 heteroatoms. The van der Waals surface area contributed by atoms with E-state index in [2.05, 4.69) is 20.8 Å². The highest BCUT2D eigenvalue weighted by Crippen LogP contribution is 2.26. The Labute approximate surface area is 117 Å². The fourth-order valence-electron chi connectivity index (χ4n) is 3.02. The standard InChI is InChI=1S/C13H21BrN2O2/c14-9-13(18)16-7-4-11(10-17)8-12(16)15-5-2-1-3-6-15/h10-12H,1-9H2. The minimum absolute atomic E-state index is 0.122. The maximum absolute atomic E-state index is 12.0. The molecule has 2 atom stereocenters. The Morgan fingerprint density at radius 2 is 1.94 bits per heavy atom. The summed E-state index contributed by atoms with van der Waals surface area (Å²) in [6.45, 7) is 2.83. The summed E-state index contributed by atoms with van der Waals surface area (Å²) < 4.78 is 0. The van der Waals surface area contributed by atoms with Gasteiger partial charge in [-0.1, -0.05) is 22.4 Å². The molecule has 2 unspecified atom stereocenters. The van der Waals surface area contributed by atoms with Gasteiger partial charge >= 0.3 is 0 Å². The molecule has 0 aromatic carbocycles. The van der Waals surface area contributed by atoms with Gasteiger partial charge < -0.3 is 9.69 Å². The number of carbonyl (C=O) groups excluding carboxylic acids is 2. The molecular weight excluding hydrogens is 296 g/mol. The van der Waals surface area contributed by atoms with Gasteiger partial charge in [0.05, 0.1) is 11.5 Å². The van der Waals surface area contributed by atoms with Crippen molar-refractivity contribution in [3.05, 3.63) is 0 Å². The van der Waals surface area contributed by atoms with Gasteiger partial charge in [0.15, 0.2) is 0 Å². The van der Waals surface area contributed by atoms with E-state index in [0.29, 0.717) is 5.33 Å². The molecule has 0 aromatic rings. The lowest BCUT2D eigenvalue weighted by Gasteiger charge is -2.45. The third-order valence-electron chi connectivity index (χ3n) is 4.05. The number of hydrogen-bond acceptors (Lipinski definition) is 3. The Morgan fingerprint density at radius 1 is 1.22 bits per heavy atom. The monoisotopic (exact) mass is 316 g/mol. The molecule has 0 aromatic heterocycles. The number of aldehydes is 1. The maximum atomic E-state index is 12.0. The Hall–Kier alpha value is -0.420. The van der Waals surface area contributed by atoms with Crippen molar-refractivity contribution in [3.8, 4) is 0 Å². The molecule has 0 aliphatic carbocycles. The molecule has 102 valence electrons. The first-order valence-corrected chi connectivity index (χ1v) is 7.93. The van der Waals surface area contributed by atoms with Crippen LogP contribution in [0.15, 0.2) is 0 Å². The quantitative estimate of drug-likeness (QED) is 0.587. The third kappa shape index (κ3) is 3.12. The van der Waals surface area contributed by atoms with Gasteiger partial charge in [0, 0.05) is 25.6 Å². The molecule has 2 saturated heterocycles. The van der Waals surface area contributed by atoms with Crippen LogP contribution in [0.5, 0.6) is 0 Å². The first kappa shape index (κ1) is 14.0. The number of hydrogen-bond donors (Lipinski definition) is 0. The first-order chi connectivity index (χ1) is 8.76. The van der Waals surface area contributed by atoms with Gasteiger partial charge in [-0.25, -0.2) is 0 Å². The Kier molecular flexibility index (Phi) is 5.18. The number of alkyl halides is 1. The molecule has 0 radical (unpaired) electrons. The second kappa shape index (κ2) is 6.66. The van der Waals surface area contributed by atoms with Crippen LogP contribution in [-0.4, -0.2) is 53.1 Å². The van der Waals surface area contributed by atoms with E-state index in [1.807, 2.05) is 4.90 Å². The van der Waals surface area contributed by atoms with Crippen molar-refractivity contribution in [1.29, 1.82) is 0 Å². The lowest BCUT2D eigenvalue weighted by atomic mass is 9.94. The highest BCUT2D eigenvalue weighted by atomic mass is 79.9. The van der Waals surface area contributed by atoms with Crippen LogP contribution in [-0.2, 0) is 9.59 Å². The molecule has 2 fully saturated rings. The number of rotatable bonds is 3. The van der Waals surface area contributed by atoms with Gasteiger partial charge in [-0.15, -0.1) is 0 Å². The second-order valence-electron chi connectivity index (χ2n) is 5.22. The van der Waals surface area contributed by atoms with E-state index in [1.165, 1.54) is 19.3 Å². The Bertz CT molecular complexity index is 305. The van der Waals surface area contributed by atoms with Crippen molar-refractivity contribution in [1.82, 2.24) is 9.80 Å². The largest absolute Gasteiger partial charge is 0.326 e. The molecule has 0 spiro atoms. The minimum Gasteiger partial charge on any atom is -0.326 e. The second-order valence-corrected chi connectivity index (χ2v) is 5.78. The van der Waals surface area contributed by atoms with Gasteiger partial charge in [0.1, 0.15) is 6.29 Å². The molecule has 0 saturated carbocycles. The van der Waals surface area contributed by atoms with Crippen LogP contribution in [0.25, 0.3) is 0 Å². The number of amides is 1. The summed E-state index contributed by atoms with van der Waals surface area (Å²) in [5, 5.41) is 0.378. The summed E-state index contributed by atoms with van der Waals surface area (Å²) in [5.74, 6) is 0.270. The van der Waals surface area contributed by atoms with Gasteiger partial charge in [0.25, 0.3) is 0 Å². The lowest BCUT2D eigenvalue weighted by Crippen LogP contribution is -2.56. The molecule has 2 aliphatic rings. The van der Waals surface area contributed by atoms with Crippen molar-refractivity contribution >= 4 is 28.1 Å². The highest BCUT2D eigenvalue weighted by molar-refractivity contribution is 9.09. The van der Waals surface area contributed by atoms with E-state index in [4.69, 9.17) is 0 Å². The van der Waals surface area contributed by atoms with Gasteiger partial charge in [-0.05, 0) is 25.7 Å². The van der Waals surface area contributed by atoms with E-state index in [9.17, 15) is 9.59 Å². The van der Waals surface area contributed by atoms with Crippen molar-refractivity contribution in [2.24, 2.45) is 5.92 Å². The highest BCUT2D eigenvalue weighted by Gasteiger charge is 2.35. The van der Waals surface area contributed by atoms with Crippen molar-refractivity contribution in [2.75, 3.05) is 25.0 Å². The van der Waals surface area contributed by atoms with Crippen LogP contribution in [0, 0.1) is 5.92 Å². The fourth-order valence-corrected chi connectivity index (χ4v) is 3.35. The molecular formula is C13H21BrN2O2. The van der Waals surface area contributed by atoms with E-state index in [-0.39, 0.29) is 18.0 Å². The molecule has 2 aliphatic heterocycles. The fraction of sp³-hybridized carbons (Fsp3) is 0.846. The minimum atomic E-state index is 0.122. The van der Waals surface area contributed by atoms with Crippen molar-refractivity contribution < 1.29 is 9.59 Å². The van der Waals surface area contributed by atoms with E-state index >= 15 is 0 Å². The summed E-state index contributed by atoms with van der Waals surface area (Å²) in [7, 11) is 0. The molecule has 1 amide bonds. The van der Waals surface area contributed by atoms with Crippen LogP contribution >= 0.6 is 15.9 Å². The molecule has 4 nitrogen and oxygen atoms in total. The predicted octanol–water partition coefficient (Wildman–Crippen LogP) is 1.63. The van der Waals surface area contributed by atoms with E-state index < -0.39 is 0 Å². The molecule has 0 bridgehead atoms. The Balaban J connectivity index is 2.07. The summed E-state index contributed by atoms with van der Waals surface area (Å²) >= 11 is 3.25. The predicted molar refractivity (Wildman–Crippen MR) is 73.5 cm³/mol. The van der Waals surface area contributed by atoms with Crippen molar-refractivity contribution in [2.45, 2.75) is 38.3 Å². The van der Waals surface area contributed by atoms with E-state index in [0.717, 1.165) is 38.8 Å². The van der Waals surface area contributed by atoms with Gasteiger partial charge in [0.2, 0.25) is 5.91 Å². The molecule has 2 rings (SSSR count). The summed E-state index contributed by atoms with van der Waals surface area (Å²) in [6.07, 6.45) is 6.52. The van der Waals surface area contributed by atoms with Crippen LogP contribution in [0.4, 0.5) is 0 Å². The van der Waals surface area contributed by atoms with Gasteiger partial charge in [-0.2, -0.15) is 0 Å². The maximum Gasteiger partial charge on any atom is 0.234 e. The molecule has 18 heavy (non-hydrogen) atoms. The normalized spacial score (nSPS) is 30.2. The average Bonchev–Trinajstić information content (AvgIpc) is 2.46. The lowest BCUT2D eigenvalue weighted by molar-refractivity contribution is -0.140. The third-order valence-corrected chi connectivity index (χ3v) is 4.53. The number of nitrogens with zero attached hydrogens (tertiary/aromatic N) is 2. The number of piperidine rings is 2. The summed E-state index contributed by atoms with van der Waals surface area (Å²) in [4.78, 5) is 27.3. The van der Waals surface area contributed by atoms with Crippen LogP contribution in [0.3, 0.4) is 0 Å². The summed E-state index contributed by atoms with van der Waals surface area (Å²) in [5.41, 5.74) is 0. The number of likely N-dealkylation sites (tertiary alicyclic amines) is 2. The smallest absolute Gasteiger partial charge is 0.234 e. The van der Waals surface area contributed by atoms with Crippen LogP contribution < -0.4 is 0 Å². The summed E-state index contributed by atoms with van der Waals surface area (Å²) in [6, 6.07) is 0. The zero-order valence-corrected chi connectivity index (χ0v) is 12.3. The molecule has 0 N–H and O–H groups in total. The molecule has 2 heterocycles. The van der Waals surface area contributed by atoms with Crippen molar-refractivity contribution in [3.63, 3.8) is 0 Å². The van der Waals surface area contributed by atoms with Gasteiger partial charge in [-0.3, -0.25) is 9.69 Å². The Morgan fingerprint density at radius 3 is 2.56 bits per heavy atom. The number of halogens is 1. The first-order valence-electron chi connectivity index (χ1n) is 6.81. The van der Waals surface area contributed by atoms with E-state index in [1.54, 1.807) is 0 Å².